The van der Waals surface area contributed by atoms with E-state index in [0.717, 1.165) is 24.2 Å². The summed E-state index contributed by atoms with van der Waals surface area (Å²) in [4.78, 5) is 11.8. The van der Waals surface area contributed by atoms with E-state index in [2.05, 4.69) is 5.32 Å². The van der Waals surface area contributed by atoms with E-state index in [0.29, 0.717) is 19.5 Å². The zero-order chi connectivity index (χ0) is 12.1. The van der Waals surface area contributed by atoms with Gasteiger partial charge in [0.05, 0.1) is 0 Å². The summed E-state index contributed by atoms with van der Waals surface area (Å²) in [6.45, 7) is 1.34. The van der Waals surface area contributed by atoms with Crippen LogP contribution in [0, 0.1) is 0 Å². The molecule has 0 radical (unpaired) electrons. The summed E-state index contributed by atoms with van der Waals surface area (Å²) in [6, 6.07) is 7.78. The molecule has 0 saturated heterocycles. The standard InChI is InChI=1S/C13H18N2O2.ClH/c14-7-3-4-8-15-13(16)12-9-10-5-1-2-6-11(10)17-12;/h1-2,5-6,12H,3-4,7-9,14H2,(H,15,16);1H. The third-order valence-electron chi connectivity index (χ3n) is 2.87. The van der Waals surface area contributed by atoms with Crippen molar-refractivity contribution in [2.24, 2.45) is 5.73 Å². The van der Waals surface area contributed by atoms with Gasteiger partial charge < -0.3 is 15.8 Å². The smallest absolute Gasteiger partial charge is 0.261 e. The Hall–Kier alpha value is -1.26. The summed E-state index contributed by atoms with van der Waals surface area (Å²) in [5, 5.41) is 2.87. The van der Waals surface area contributed by atoms with Gasteiger partial charge in [-0.1, -0.05) is 18.2 Å². The summed E-state index contributed by atoms with van der Waals surface area (Å²) < 4.78 is 5.59. The molecule has 2 rings (SSSR count). The first-order valence-corrected chi connectivity index (χ1v) is 6.03. The van der Waals surface area contributed by atoms with Gasteiger partial charge in [0.2, 0.25) is 0 Å². The normalized spacial score (nSPS) is 16.4. The zero-order valence-electron chi connectivity index (χ0n) is 10.2. The SMILES string of the molecule is Cl.NCCCCNC(=O)C1Cc2ccccc2O1. The number of amides is 1. The second-order valence-corrected chi connectivity index (χ2v) is 4.21. The number of para-hydroxylation sites is 1. The van der Waals surface area contributed by atoms with Crippen LogP contribution in [0.5, 0.6) is 5.75 Å². The number of nitrogens with one attached hydrogen (secondary N) is 1. The van der Waals surface area contributed by atoms with Gasteiger partial charge in [0.1, 0.15) is 5.75 Å². The fraction of sp³-hybridized carbons (Fsp3) is 0.462. The van der Waals surface area contributed by atoms with Crippen LogP contribution in [-0.4, -0.2) is 25.1 Å². The van der Waals surface area contributed by atoms with Crippen molar-refractivity contribution in [2.75, 3.05) is 13.1 Å². The number of ether oxygens (including phenoxy) is 1. The van der Waals surface area contributed by atoms with Crippen LogP contribution in [0.4, 0.5) is 0 Å². The highest BCUT2D eigenvalue weighted by Gasteiger charge is 2.28. The van der Waals surface area contributed by atoms with Crippen LogP contribution in [0.15, 0.2) is 24.3 Å². The molecule has 1 heterocycles. The quantitative estimate of drug-likeness (QED) is 0.792. The van der Waals surface area contributed by atoms with Gasteiger partial charge in [-0.15, -0.1) is 12.4 Å². The fourth-order valence-corrected chi connectivity index (χ4v) is 1.92. The number of carbonyl (C=O) groups is 1. The van der Waals surface area contributed by atoms with Gasteiger partial charge in [-0.3, -0.25) is 4.79 Å². The first-order chi connectivity index (χ1) is 8.31. The molecule has 0 bridgehead atoms. The van der Waals surface area contributed by atoms with Gasteiger partial charge in [-0.25, -0.2) is 0 Å². The molecule has 1 aromatic carbocycles. The van der Waals surface area contributed by atoms with Gasteiger partial charge in [0, 0.05) is 13.0 Å². The molecule has 100 valence electrons. The van der Waals surface area contributed by atoms with Crippen molar-refractivity contribution in [1.82, 2.24) is 5.32 Å². The van der Waals surface area contributed by atoms with E-state index in [1.165, 1.54) is 0 Å². The lowest BCUT2D eigenvalue weighted by molar-refractivity contribution is -0.127. The van der Waals surface area contributed by atoms with E-state index >= 15 is 0 Å². The third kappa shape index (κ3) is 3.62. The van der Waals surface area contributed by atoms with E-state index in [1.54, 1.807) is 0 Å². The number of unbranched alkanes of at least 4 members (excludes halogenated alkanes) is 1. The average molecular weight is 271 g/mol. The van der Waals surface area contributed by atoms with E-state index < -0.39 is 0 Å². The maximum atomic E-state index is 11.8. The van der Waals surface area contributed by atoms with Crippen molar-refractivity contribution < 1.29 is 9.53 Å². The Balaban J connectivity index is 0.00000162. The van der Waals surface area contributed by atoms with Crippen LogP contribution in [0.3, 0.4) is 0 Å². The molecule has 5 heteroatoms. The molecule has 0 saturated carbocycles. The molecule has 0 aromatic heterocycles. The lowest BCUT2D eigenvalue weighted by Gasteiger charge is -2.10. The number of benzene rings is 1. The topological polar surface area (TPSA) is 64.3 Å². The highest BCUT2D eigenvalue weighted by Crippen LogP contribution is 2.27. The van der Waals surface area contributed by atoms with Gasteiger partial charge in [0.15, 0.2) is 6.10 Å². The Bertz CT molecular complexity index is 373. The molecule has 0 fully saturated rings. The molecule has 3 N–H and O–H groups in total. The summed E-state index contributed by atoms with van der Waals surface area (Å²) in [5.74, 6) is 0.799. The monoisotopic (exact) mass is 270 g/mol. The maximum absolute atomic E-state index is 11.8. The number of rotatable bonds is 5. The largest absolute Gasteiger partial charge is 0.480 e. The Labute approximate surface area is 113 Å². The number of fused-ring (bicyclic) bond motifs is 1. The van der Waals surface area contributed by atoms with Crippen LogP contribution in [0.2, 0.25) is 0 Å². The van der Waals surface area contributed by atoms with Gasteiger partial charge in [-0.05, 0) is 31.0 Å². The maximum Gasteiger partial charge on any atom is 0.261 e. The first-order valence-electron chi connectivity index (χ1n) is 6.03. The van der Waals surface area contributed by atoms with Crippen molar-refractivity contribution in [3.05, 3.63) is 29.8 Å². The molecule has 1 amide bonds. The summed E-state index contributed by atoms with van der Waals surface area (Å²) in [7, 11) is 0. The molecular weight excluding hydrogens is 252 g/mol. The first kappa shape index (κ1) is 14.8. The number of halogens is 1. The second kappa shape index (κ2) is 7.24. The van der Waals surface area contributed by atoms with E-state index in [4.69, 9.17) is 10.5 Å². The zero-order valence-corrected chi connectivity index (χ0v) is 11.0. The third-order valence-corrected chi connectivity index (χ3v) is 2.87. The predicted octanol–water partition coefficient (Wildman–Crippen LogP) is 1.27. The fourth-order valence-electron chi connectivity index (χ4n) is 1.92. The second-order valence-electron chi connectivity index (χ2n) is 4.21. The molecule has 1 aliphatic heterocycles. The Morgan fingerprint density at radius 2 is 2.17 bits per heavy atom. The molecule has 4 nitrogen and oxygen atoms in total. The number of nitrogens with two attached hydrogens (primary N) is 1. The van der Waals surface area contributed by atoms with Crippen molar-refractivity contribution >= 4 is 18.3 Å². The lowest BCUT2D eigenvalue weighted by atomic mass is 10.1. The Kier molecular flexibility index (Phi) is 5.95. The van der Waals surface area contributed by atoms with Gasteiger partial charge >= 0.3 is 0 Å². The van der Waals surface area contributed by atoms with Crippen molar-refractivity contribution in [3.63, 3.8) is 0 Å². The molecule has 0 aliphatic carbocycles. The molecular formula is C13H19ClN2O2. The lowest BCUT2D eigenvalue weighted by Crippen LogP contribution is -2.37. The van der Waals surface area contributed by atoms with Crippen LogP contribution < -0.4 is 15.8 Å². The molecule has 18 heavy (non-hydrogen) atoms. The molecule has 1 aromatic rings. The van der Waals surface area contributed by atoms with Gasteiger partial charge in [0.25, 0.3) is 5.91 Å². The number of carbonyl (C=O) groups excluding carboxylic acids is 1. The highest BCUT2D eigenvalue weighted by atomic mass is 35.5. The van der Waals surface area contributed by atoms with Crippen LogP contribution in [-0.2, 0) is 11.2 Å². The molecule has 1 unspecified atom stereocenters. The van der Waals surface area contributed by atoms with Crippen molar-refractivity contribution in [2.45, 2.75) is 25.4 Å². The van der Waals surface area contributed by atoms with Crippen molar-refractivity contribution in [3.8, 4) is 5.75 Å². The van der Waals surface area contributed by atoms with Crippen LogP contribution in [0.1, 0.15) is 18.4 Å². The number of hydrogen-bond acceptors (Lipinski definition) is 3. The van der Waals surface area contributed by atoms with E-state index in [-0.39, 0.29) is 24.4 Å². The summed E-state index contributed by atoms with van der Waals surface area (Å²) in [6.07, 6.45) is 2.15. The minimum atomic E-state index is -0.370. The predicted molar refractivity (Wildman–Crippen MR) is 73.1 cm³/mol. The molecule has 1 aliphatic rings. The summed E-state index contributed by atoms with van der Waals surface area (Å²) in [5.41, 5.74) is 6.49. The number of hydrogen-bond donors (Lipinski definition) is 2. The van der Waals surface area contributed by atoms with Crippen LogP contribution in [0.25, 0.3) is 0 Å². The van der Waals surface area contributed by atoms with Crippen LogP contribution >= 0.6 is 12.4 Å². The highest BCUT2D eigenvalue weighted by molar-refractivity contribution is 5.85. The van der Waals surface area contributed by atoms with Gasteiger partial charge in [-0.2, -0.15) is 0 Å². The summed E-state index contributed by atoms with van der Waals surface area (Å²) >= 11 is 0. The molecule has 1 atom stereocenters. The Morgan fingerprint density at radius 3 is 2.89 bits per heavy atom. The van der Waals surface area contributed by atoms with Crippen molar-refractivity contribution in [1.29, 1.82) is 0 Å². The van der Waals surface area contributed by atoms with E-state index in [1.807, 2.05) is 24.3 Å². The van der Waals surface area contributed by atoms with E-state index in [9.17, 15) is 4.79 Å². The minimum Gasteiger partial charge on any atom is -0.480 e. The molecule has 0 spiro atoms. The Morgan fingerprint density at radius 1 is 1.39 bits per heavy atom. The average Bonchev–Trinajstić information content (AvgIpc) is 2.78. The minimum absolute atomic E-state index is 0.